The summed E-state index contributed by atoms with van der Waals surface area (Å²) in [4.78, 5) is 13.0. The number of hydrogen-bond donors (Lipinski definition) is 6. The molecule has 7 unspecified atom stereocenters. The summed E-state index contributed by atoms with van der Waals surface area (Å²) in [5, 5.41) is 54.4. The molecular formula is C61H113NO8. The first-order valence-corrected chi connectivity index (χ1v) is 29.9. The minimum Gasteiger partial charge on any atom is -0.394 e. The average Bonchev–Trinajstić information content (AvgIpc) is 3.36. The fraction of sp³-hybridized carbons (Fsp3) is 0.852. The molecule has 1 rings (SSSR count). The number of carbonyl (C=O) groups excluding carboxylic acids is 1. The lowest BCUT2D eigenvalue weighted by atomic mass is 9.99. The van der Waals surface area contributed by atoms with Gasteiger partial charge in [0, 0.05) is 6.42 Å². The summed E-state index contributed by atoms with van der Waals surface area (Å²) in [6.45, 7) is 3.76. The fourth-order valence-electron chi connectivity index (χ4n) is 9.36. The van der Waals surface area contributed by atoms with Crippen molar-refractivity contribution in [1.29, 1.82) is 0 Å². The van der Waals surface area contributed by atoms with Gasteiger partial charge in [-0.15, -0.1) is 0 Å². The molecule has 1 fully saturated rings. The molecule has 0 spiro atoms. The summed E-state index contributed by atoms with van der Waals surface area (Å²) >= 11 is 0. The summed E-state index contributed by atoms with van der Waals surface area (Å²) in [6.07, 6.45) is 60.6. The molecule has 1 amide bonds. The lowest BCUT2D eigenvalue weighted by molar-refractivity contribution is -0.302. The number of ether oxygens (including phenoxy) is 2. The van der Waals surface area contributed by atoms with Gasteiger partial charge < -0.3 is 40.3 Å². The maximum Gasteiger partial charge on any atom is 0.220 e. The zero-order valence-electron chi connectivity index (χ0n) is 45.5. The van der Waals surface area contributed by atoms with Gasteiger partial charge >= 0.3 is 0 Å². The first-order valence-electron chi connectivity index (χ1n) is 29.9. The quantitative estimate of drug-likeness (QED) is 0.0261. The number of amides is 1. The Morgan fingerprint density at radius 2 is 0.814 bits per heavy atom. The van der Waals surface area contributed by atoms with Crippen molar-refractivity contribution < 1.29 is 39.8 Å². The Kier molecular flexibility index (Phi) is 47.9. The Morgan fingerprint density at radius 1 is 0.471 bits per heavy atom. The Hall–Kier alpha value is -1.85. The number of carbonyl (C=O) groups is 1. The molecule has 0 saturated carbocycles. The number of nitrogens with one attached hydrogen (secondary N) is 1. The molecule has 6 N–H and O–H groups in total. The Balaban J connectivity index is 2.14. The van der Waals surface area contributed by atoms with Crippen LogP contribution >= 0.6 is 0 Å². The monoisotopic (exact) mass is 988 g/mol. The van der Waals surface area contributed by atoms with Crippen molar-refractivity contribution in [2.75, 3.05) is 13.2 Å². The molecular weight excluding hydrogens is 875 g/mol. The third-order valence-electron chi connectivity index (χ3n) is 14.1. The van der Waals surface area contributed by atoms with Crippen molar-refractivity contribution >= 4 is 5.91 Å². The fourth-order valence-corrected chi connectivity index (χ4v) is 9.36. The molecule has 0 aromatic heterocycles. The molecule has 0 aromatic rings. The smallest absolute Gasteiger partial charge is 0.220 e. The van der Waals surface area contributed by atoms with E-state index in [1.165, 1.54) is 205 Å². The lowest BCUT2D eigenvalue weighted by Gasteiger charge is -2.40. The van der Waals surface area contributed by atoms with Gasteiger partial charge in [0.1, 0.15) is 24.4 Å². The van der Waals surface area contributed by atoms with Crippen LogP contribution in [0, 0.1) is 0 Å². The van der Waals surface area contributed by atoms with Crippen LogP contribution in [0.5, 0.6) is 0 Å². The molecule has 9 nitrogen and oxygen atoms in total. The second kappa shape index (κ2) is 50.7. The van der Waals surface area contributed by atoms with E-state index in [1.54, 1.807) is 6.08 Å². The highest BCUT2D eigenvalue weighted by molar-refractivity contribution is 5.76. The number of rotatable bonds is 51. The van der Waals surface area contributed by atoms with Gasteiger partial charge in [0.2, 0.25) is 5.91 Å². The molecule has 70 heavy (non-hydrogen) atoms. The van der Waals surface area contributed by atoms with Crippen LogP contribution < -0.4 is 5.32 Å². The highest BCUT2D eigenvalue weighted by Gasteiger charge is 2.44. The second-order valence-corrected chi connectivity index (χ2v) is 20.8. The van der Waals surface area contributed by atoms with E-state index in [4.69, 9.17) is 9.47 Å². The molecule has 410 valence electrons. The highest BCUT2D eigenvalue weighted by atomic mass is 16.7. The average molecular weight is 989 g/mol. The SMILES string of the molecule is CCCCCCC/C=C/CC/C=C/CC/C=C/C(O)C(COC1OC(CO)C(O)C(O)C1O)NC(=O)CCCCCCCCCCCCCCCCCC/C=C\CCCCCCCCCCCCCC. The van der Waals surface area contributed by atoms with Gasteiger partial charge in [0.25, 0.3) is 0 Å². The van der Waals surface area contributed by atoms with E-state index in [2.05, 4.69) is 55.6 Å². The third-order valence-corrected chi connectivity index (χ3v) is 14.1. The van der Waals surface area contributed by atoms with Crippen LogP contribution in [-0.2, 0) is 14.3 Å². The first kappa shape index (κ1) is 66.2. The molecule has 9 heteroatoms. The standard InChI is InChI=1S/C61H113NO8/c1-3-5-7-9-11-13-15-17-19-20-21-22-23-24-25-26-27-28-29-30-31-32-33-34-35-37-39-41-43-45-47-49-51-57(65)62-54(53-69-61-60(68)59(67)58(66)56(52-63)70-61)55(64)50-48-46-44-42-40-38-36-18-16-14-12-10-8-6-4-2/h16,18,24-25,40,42,48,50,54-56,58-61,63-64,66-68H,3-15,17,19-23,26-39,41,43-47,49,51-53H2,1-2H3,(H,62,65)/b18-16+,25-24-,42-40+,50-48+. The summed E-state index contributed by atoms with van der Waals surface area (Å²) < 4.78 is 11.2. The summed E-state index contributed by atoms with van der Waals surface area (Å²) in [5.41, 5.74) is 0. The molecule has 0 bridgehead atoms. The molecule has 0 aromatic carbocycles. The first-order chi connectivity index (χ1) is 34.3. The van der Waals surface area contributed by atoms with Crippen LogP contribution in [0.2, 0.25) is 0 Å². The number of allylic oxidation sites excluding steroid dienone is 7. The van der Waals surface area contributed by atoms with Crippen LogP contribution in [-0.4, -0.2) is 87.5 Å². The van der Waals surface area contributed by atoms with Gasteiger partial charge in [-0.2, -0.15) is 0 Å². The molecule has 7 atom stereocenters. The Labute approximate surface area is 431 Å². The summed E-state index contributed by atoms with van der Waals surface area (Å²) in [7, 11) is 0. The summed E-state index contributed by atoms with van der Waals surface area (Å²) in [5.74, 6) is -0.189. The molecule has 0 radical (unpaired) electrons. The predicted octanol–water partition coefficient (Wildman–Crippen LogP) is 14.9. The topological polar surface area (TPSA) is 149 Å². The predicted molar refractivity (Wildman–Crippen MR) is 295 cm³/mol. The number of hydrogen-bond acceptors (Lipinski definition) is 8. The van der Waals surface area contributed by atoms with Gasteiger partial charge in [-0.3, -0.25) is 4.79 Å². The minimum absolute atomic E-state index is 0.189. The van der Waals surface area contributed by atoms with Gasteiger partial charge in [-0.1, -0.05) is 249 Å². The van der Waals surface area contributed by atoms with E-state index in [0.29, 0.717) is 6.42 Å². The Bertz CT molecular complexity index is 1240. The van der Waals surface area contributed by atoms with Crippen molar-refractivity contribution in [3.05, 3.63) is 48.6 Å². The van der Waals surface area contributed by atoms with Crippen molar-refractivity contribution in [3.8, 4) is 0 Å². The second-order valence-electron chi connectivity index (χ2n) is 20.8. The van der Waals surface area contributed by atoms with E-state index in [9.17, 15) is 30.3 Å². The molecule has 1 aliphatic rings. The van der Waals surface area contributed by atoms with Crippen molar-refractivity contribution in [3.63, 3.8) is 0 Å². The Morgan fingerprint density at radius 3 is 1.20 bits per heavy atom. The van der Waals surface area contributed by atoms with Crippen molar-refractivity contribution in [2.24, 2.45) is 0 Å². The molecule has 1 saturated heterocycles. The molecule has 1 aliphatic heterocycles. The van der Waals surface area contributed by atoms with E-state index in [0.717, 1.165) is 51.4 Å². The number of unbranched alkanes of at least 4 members (excludes halogenated alkanes) is 35. The summed E-state index contributed by atoms with van der Waals surface area (Å²) in [6, 6.07) is -0.828. The maximum absolute atomic E-state index is 13.0. The van der Waals surface area contributed by atoms with E-state index < -0.39 is 49.5 Å². The molecule has 0 aliphatic carbocycles. The van der Waals surface area contributed by atoms with Gasteiger partial charge in [0.05, 0.1) is 25.4 Å². The van der Waals surface area contributed by atoms with Crippen LogP contribution in [0.15, 0.2) is 48.6 Å². The van der Waals surface area contributed by atoms with Crippen molar-refractivity contribution in [1.82, 2.24) is 5.32 Å². The highest BCUT2D eigenvalue weighted by Crippen LogP contribution is 2.23. The zero-order chi connectivity index (χ0) is 50.8. The van der Waals surface area contributed by atoms with Gasteiger partial charge in [-0.05, 0) is 70.6 Å². The lowest BCUT2D eigenvalue weighted by Crippen LogP contribution is -2.60. The van der Waals surface area contributed by atoms with Gasteiger partial charge in [0.15, 0.2) is 6.29 Å². The zero-order valence-corrected chi connectivity index (χ0v) is 45.5. The van der Waals surface area contributed by atoms with Gasteiger partial charge in [-0.25, -0.2) is 0 Å². The normalized spacial score (nSPS) is 19.7. The van der Waals surface area contributed by atoms with Crippen LogP contribution in [0.4, 0.5) is 0 Å². The van der Waals surface area contributed by atoms with E-state index in [-0.39, 0.29) is 12.5 Å². The van der Waals surface area contributed by atoms with Crippen LogP contribution in [0.1, 0.15) is 277 Å². The van der Waals surface area contributed by atoms with E-state index in [1.807, 2.05) is 6.08 Å². The molecule has 1 heterocycles. The van der Waals surface area contributed by atoms with E-state index >= 15 is 0 Å². The largest absolute Gasteiger partial charge is 0.394 e. The van der Waals surface area contributed by atoms with Crippen molar-refractivity contribution in [2.45, 2.75) is 320 Å². The number of aliphatic hydroxyl groups excluding tert-OH is 5. The van der Waals surface area contributed by atoms with Crippen LogP contribution in [0.3, 0.4) is 0 Å². The van der Waals surface area contributed by atoms with Crippen LogP contribution in [0.25, 0.3) is 0 Å². The number of aliphatic hydroxyl groups is 5. The third kappa shape index (κ3) is 39.7. The maximum atomic E-state index is 13.0. The minimum atomic E-state index is -1.57.